The van der Waals surface area contributed by atoms with Gasteiger partial charge < -0.3 is 14.6 Å². The topological polar surface area (TPSA) is 47.3 Å². The van der Waals surface area contributed by atoms with Crippen molar-refractivity contribution in [3.8, 4) is 5.75 Å². The lowest BCUT2D eigenvalue weighted by atomic mass is 10.1. The molecule has 0 amide bonds. The fourth-order valence-corrected chi connectivity index (χ4v) is 2.27. The number of benzene rings is 1. The minimum atomic E-state index is 0.703. The van der Waals surface area contributed by atoms with Gasteiger partial charge in [0.1, 0.15) is 11.5 Å². The quantitative estimate of drug-likeness (QED) is 0.913. The molecule has 0 bridgehead atoms. The summed E-state index contributed by atoms with van der Waals surface area (Å²) in [5.74, 6) is 1.80. The molecule has 1 N–H and O–H groups in total. The van der Waals surface area contributed by atoms with Crippen molar-refractivity contribution < 1.29 is 9.26 Å². The van der Waals surface area contributed by atoms with Crippen LogP contribution in [0, 0.1) is 27.7 Å². The third kappa shape index (κ3) is 2.57. The molecule has 0 aliphatic rings. The average Bonchev–Trinajstić information content (AvgIpc) is 2.69. The Balaban J connectivity index is 2.21. The summed E-state index contributed by atoms with van der Waals surface area (Å²) in [7, 11) is 1.70. The summed E-state index contributed by atoms with van der Waals surface area (Å²) in [4.78, 5) is 0. The molecule has 102 valence electrons. The zero-order valence-corrected chi connectivity index (χ0v) is 12.1. The van der Waals surface area contributed by atoms with E-state index in [2.05, 4.69) is 29.5 Å². The first-order chi connectivity index (χ1) is 9.04. The second-order valence-corrected chi connectivity index (χ2v) is 4.74. The van der Waals surface area contributed by atoms with Crippen LogP contribution in [0.5, 0.6) is 5.75 Å². The summed E-state index contributed by atoms with van der Waals surface area (Å²) in [5.41, 5.74) is 5.38. The van der Waals surface area contributed by atoms with Crippen molar-refractivity contribution in [1.82, 2.24) is 5.16 Å². The number of nitrogens with zero attached hydrogens (tertiary/aromatic N) is 1. The van der Waals surface area contributed by atoms with E-state index in [0.29, 0.717) is 6.54 Å². The number of nitrogens with one attached hydrogen (secondary N) is 1. The van der Waals surface area contributed by atoms with E-state index in [1.807, 2.05) is 20.8 Å². The number of hydrogen-bond donors (Lipinski definition) is 1. The van der Waals surface area contributed by atoms with Crippen LogP contribution in [0.25, 0.3) is 0 Å². The Hall–Kier alpha value is -1.97. The first kappa shape index (κ1) is 13.5. The van der Waals surface area contributed by atoms with Crippen molar-refractivity contribution >= 4 is 5.69 Å². The molecule has 0 aliphatic carbocycles. The maximum absolute atomic E-state index is 5.43. The largest absolute Gasteiger partial charge is 0.496 e. The van der Waals surface area contributed by atoms with E-state index in [0.717, 1.165) is 39.6 Å². The first-order valence-corrected chi connectivity index (χ1v) is 6.34. The zero-order valence-electron chi connectivity index (χ0n) is 12.1. The van der Waals surface area contributed by atoms with E-state index in [9.17, 15) is 0 Å². The summed E-state index contributed by atoms with van der Waals surface area (Å²) in [6.45, 7) is 8.69. The Bertz CT molecular complexity index is 569. The Morgan fingerprint density at radius 2 is 1.95 bits per heavy atom. The van der Waals surface area contributed by atoms with Crippen LogP contribution < -0.4 is 10.1 Å². The van der Waals surface area contributed by atoms with Gasteiger partial charge in [-0.15, -0.1) is 0 Å². The standard InChI is InChI=1S/C15H20N2O2/c1-9-6-7-14(10(2)15(9)18-5)16-8-13-11(3)17-19-12(13)4/h6-7,16H,8H2,1-5H3. The van der Waals surface area contributed by atoms with Gasteiger partial charge in [0.2, 0.25) is 0 Å². The van der Waals surface area contributed by atoms with Gasteiger partial charge in [0, 0.05) is 23.4 Å². The predicted octanol–water partition coefficient (Wildman–Crippen LogP) is 3.53. The van der Waals surface area contributed by atoms with E-state index in [-0.39, 0.29) is 0 Å². The molecule has 1 aromatic heterocycles. The van der Waals surface area contributed by atoms with Crippen LogP contribution in [0.3, 0.4) is 0 Å². The fraction of sp³-hybridized carbons (Fsp3) is 0.400. The van der Waals surface area contributed by atoms with Crippen LogP contribution in [0.4, 0.5) is 5.69 Å². The van der Waals surface area contributed by atoms with Gasteiger partial charge in [-0.2, -0.15) is 0 Å². The van der Waals surface area contributed by atoms with E-state index < -0.39 is 0 Å². The Morgan fingerprint density at radius 3 is 2.53 bits per heavy atom. The molecule has 4 nitrogen and oxygen atoms in total. The van der Waals surface area contributed by atoms with E-state index >= 15 is 0 Å². The van der Waals surface area contributed by atoms with E-state index in [4.69, 9.17) is 9.26 Å². The van der Waals surface area contributed by atoms with Gasteiger partial charge in [0.25, 0.3) is 0 Å². The fourth-order valence-electron chi connectivity index (χ4n) is 2.27. The molecule has 0 fully saturated rings. The monoisotopic (exact) mass is 260 g/mol. The number of aromatic nitrogens is 1. The van der Waals surface area contributed by atoms with Crippen molar-refractivity contribution in [2.24, 2.45) is 0 Å². The van der Waals surface area contributed by atoms with Gasteiger partial charge in [0.15, 0.2) is 0 Å². The molecule has 0 spiro atoms. The average molecular weight is 260 g/mol. The van der Waals surface area contributed by atoms with Crippen LogP contribution in [-0.2, 0) is 6.54 Å². The lowest BCUT2D eigenvalue weighted by Crippen LogP contribution is -2.04. The van der Waals surface area contributed by atoms with Crippen molar-refractivity contribution in [1.29, 1.82) is 0 Å². The SMILES string of the molecule is COc1c(C)ccc(NCc2c(C)noc2C)c1C. The maximum Gasteiger partial charge on any atom is 0.138 e. The van der Waals surface area contributed by atoms with Crippen LogP contribution in [-0.4, -0.2) is 12.3 Å². The molecule has 1 heterocycles. The molecule has 19 heavy (non-hydrogen) atoms. The number of hydrogen-bond acceptors (Lipinski definition) is 4. The third-order valence-corrected chi connectivity index (χ3v) is 3.44. The van der Waals surface area contributed by atoms with Crippen molar-refractivity contribution in [2.75, 3.05) is 12.4 Å². The lowest BCUT2D eigenvalue weighted by molar-refractivity contribution is 0.392. The van der Waals surface area contributed by atoms with Crippen LogP contribution in [0.15, 0.2) is 16.7 Å². The van der Waals surface area contributed by atoms with Crippen LogP contribution >= 0.6 is 0 Å². The zero-order chi connectivity index (χ0) is 14.0. The number of methoxy groups -OCH3 is 1. The second kappa shape index (κ2) is 5.34. The number of rotatable bonds is 4. The molecule has 0 saturated carbocycles. The summed E-state index contributed by atoms with van der Waals surface area (Å²) in [6, 6.07) is 4.13. The van der Waals surface area contributed by atoms with Crippen molar-refractivity contribution in [2.45, 2.75) is 34.2 Å². The third-order valence-electron chi connectivity index (χ3n) is 3.44. The van der Waals surface area contributed by atoms with E-state index in [1.54, 1.807) is 7.11 Å². The highest BCUT2D eigenvalue weighted by atomic mass is 16.5. The Morgan fingerprint density at radius 1 is 1.21 bits per heavy atom. The van der Waals surface area contributed by atoms with Crippen molar-refractivity contribution in [3.05, 3.63) is 40.3 Å². The molecule has 4 heteroatoms. The predicted molar refractivity (Wildman–Crippen MR) is 75.8 cm³/mol. The first-order valence-electron chi connectivity index (χ1n) is 6.34. The van der Waals surface area contributed by atoms with Gasteiger partial charge in [-0.3, -0.25) is 0 Å². The minimum Gasteiger partial charge on any atom is -0.496 e. The summed E-state index contributed by atoms with van der Waals surface area (Å²) >= 11 is 0. The van der Waals surface area contributed by atoms with E-state index in [1.165, 1.54) is 0 Å². The van der Waals surface area contributed by atoms with Crippen LogP contribution in [0.1, 0.15) is 28.1 Å². The highest BCUT2D eigenvalue weighted by Crippen LogP contribution is 2.29. The minimum absolute atomic E-state index is 0.703. The number of ether oxygens (including phenoxy) is 1. The molecule has 0 unspecified atom stereocenters. The van der Waals surface area contributed by atoms with Crippen LogP contribution in [0.2, 0.25) is 0 Å². The van der Waals surface area contributed by atoms with Gasteiger partial charge >= 0.3 is 0 Å². The van der Waals surface area contributed by atoms with Gasteiger partial charge in [0.05, 0.1) is 12.8 Å². The molecule has 2 rings (SSSR count). The highest BCUT2D eigenvalue weighted by Gasteiger charge is 2.11. The second-order valence-electron chi connectivity index (χ2n) is 4.74. The maximum atomic E-state index is 5.43. The number of aryl methyl sites for hydroxylation is 3. The molecular weight excluding hydrogens is 240 g/mol. The molecule has 2 aromatic rings. The lowest BCUT2D eigenvalue weighted by Gasteiger charge is -2.14. The van der Waals surface area contributed by atoms with Crippen molar-refractivity contribution in [3.63, 3.8) is 0 Å². The molecule has 0 saturated heterocycles. The Labute approximate surface area is 113 Å². The highest BCUT2D eigenvalue weighted by molar-refractivity contribution is 5.59. The smallest absolute Gasteiger partial charge is 0.138 e. The molecule has 0 aliphatic heterocycles. The van der Waals surface area contributed by atoms with Gasteiger partial charge in [-0.1, -0.05) is 11.2 Å². The normalized spacial score (nSPS) is 10.6. The summed E-state index contributed by atoms with van der Waals surface area (Å²) in [5, 5.41) is 7.38. The molecular formula is C15H20N2O2. The van der Waals surface area contributed by atoms with Gasteiger partial charge in [-0.25, -0.2) is 0 Å². The summed E-state index contributed by atoms with van der Waals surface area (Å²) < 4.78 is 10.6. The Kier molecular flexibility index (Phi) is 3.79. The molecule has 1 aromatic carbocycles. The number of anilines is 1. The van der Waals surface area contributed by atoms with Gasteiger partial charge in [-0.05, 0) is 39.3 Å². The molecule has 0 atom stereocenters. The summed E-state index contributed by atoms with van der Waals surface area (Å²) in [6.07, 6.45) is 0. The molecule has 0 radical (unpaired) electrons.